The first-order chi connectivity index (χ1) is 9.29. The zero-order valence-corrected chi connectivity index (χ0v) is 10.4. The van der Waals surface area contributed by atoms with Crippen molar-refractivity contribution < 1.29 is 9.84 Å². The van der Waals surface area contributed by atoms with Crippen molar-refractivity contribution in [3.63, 3.8) is 0 Å². The maximum absolute atomic E-state index is 10.4. The first kappa shape index (κ1) is 11.7. The molecule has 1 atom stereocenters. The summed E-state index contributed by atoms with van der Waals surface area (Å²) < 4.78 is 6.74. The number of pyridine rings is 1. The number of nitrogens with zero attached hydrogens (tertiary/aromatic N) is 3. The summed E-state index contributed by atoms with van der Waals surface area (Å²) in [5, 5.41) is 18.3. The van der Waals surface area contributed by atoms with Gasteiger partial charge in [0, 0.05) is 0 Å². The maximum atomic E-state index is 10.4. The molecule has 0 saturated heterocycles. The molecule has 2 aromatic heterocycles. The van der Waals surface area contributed by atoms with E-state index in [1.165, 1.54) is 0 Å². The summed E-state index contributed by atoms with van der Waals surface area (Å²) >= 11 is 0. The number of hydrogen-bond acceptors (Lipinski definition) is 4. The van der Waals surface area contributed by atoms with Crippen molar-refractivity contribution in [1.29, 1.82) is 0 Å². The fourth-order valence-corrected chi connectivity index (χ4v) is 2.04. The van der Waals surface area contributed by atoms with E-state index in [0.29, 0.717) is 5.69 Å². The molecule has 0 aliphatic heterocycles. The van der Waals surface area contributed by atoms with Gasteiger partial charge in [-0.1, -0.05) is 23.4 Å². The van der Waals surface area contributed by atoms with Crippen LogP contribution in [0.25, 0.3) is 5.52 Å². The zero-order valence-electron chi connectivity index (χ0n) is 10.4. The smallest absolute Gasteiger partial charge is 0.121 e. The van der Waals surface area contributed by atoms with Crippen molar-refractivity contribution in [2.75, 3.05) is 7.11 Å². The van der Waals surface area contributed by atoms with Crippen molar-refractivity contribution in [2.45, 2.75) is 6.10 Å². The molecule has 19 heavy (non-hydrogen) atoms. The van der Waals surface area contributed by atoms with Crippen LogP contribution in [-0.2, 0) is 0 Å². The van der Waals surface area contributed by atoms with Gasteiger partial charge in [0.25, 0.3) is 0 Å². The molecule has 1 aromatic carbocycles. The lowest BCUT2D eigenvalue weighted by molar-refractivity contribution is 0.212. The van der Waals surface area contributed by atoms with E-state index in [-0.39, 0.29) is 0 Å². The van der Waals surface area contributed by atoms with Gasteiger partial charge >= 0.3 is 0 Å². The van der Waals surface area contributed by atoms with Crippen molar-refractivity contribution in [3.05, 3.63) is 59.9 Å². The molecule has 5 heteroatoms. The monoisotopic (exact) mass is 255 g/mol. The van der Waals surface area contributed by atoms with Crippen LogP contribution in [0.3, 0.4) is 0 Å². The molecular formula is C14H13N3O2. The Kier molecular flexibility index (Phi) is 2.89. The van der Waals surface area contributed by atoms with Crippen LogP contribution in [0, 0.1) is 0 Å². The zero-order chi connectivity index (χ0) is 13.2. The molecule has 2 heterocycles. The Morgan fingerprint density at radius 1 is 1.16 bits per heavy atom. The maximum Gasteiger partial charge on any atom is 0.121 e. The van der Waals surface area contributed by atoms with Gasteiger partial charge in [0.2, 0.25) is 0 Å². The number of benzene rings is 1. The van der Waals surface area contributed by atoms with Gasteiger partial charge in [-0.3, -0.25) is 0 Å². The van der Waals surface area contributed by atoms with Crippen LogP contribution in [0.2, 0.25) is 0 Å². The summed E-state index contributed by atoms with van der Waals surface area (Å²) in [7, 11) is 1.61. The van der Waals surface area contributed by atoms with E-state index < -0.39 is 6.10 Å². The fraction of sp³-hybridized carbons (Fsp3) is 0.143. The highest BCUT2D eigenvalue weighted by Gasteiger charge is 2.14. The normalized spacial score (nSPS) is 12.5. The predicted molar refractivity (Wildman–Crippen MR) is 70.0 cm³/mol. The minimum Gasteiger partial charge on any atom is -0.497 e. The highest BCUT2D eigenvalue weighted by atomic mass is 16.5. The average Bonchev–Trinajstić information content (AvgIpc) is 2.95. The van der Waals surface area contributed by atoms with Crippen LogP contribution in [-0.4, -0.2) is 27.0 Å². The van der Waals surface area contributed by atoms with E-state index in [9.17, 15) is 5.11 Å². The number of fused-ring (bicyclic) bond motifs is 1. The van der Waals surface area contributed by atoms with Gasteiger partial charge in [-0.2, -0.15) is 0 Å². The molecule has 0 radical (unpaired) electrons. The third-order valence-electron chi connectivity index (χ3n) is 3.07. The lowest BCUT2D eigenvalue weighted by Gasteiger charge is -2.13. The molecule has 0 spiro atoms. The highest BCUT2D eigenvalue weighted by molar-refractivity contribution is 5.45. The topological polar surface area (TPSA) is 59.7 Å². The standard InChI is InChI=1S/C14H13N3O2/c1-19-12-7-5-10(6-8-12)14(18)13-4-2-3-11-9-15-16-17(11)13/h2-9,14,18H,1H3. The van der Waals surface area contributed by atoms with Gasteiger partial charge in [-0.15, -0.1) is 5.10 Å². The van der Waals surface area contributed by atoms with Crippen LogP contribution in [0.5, 0.6) is 5.75 Å². The third kappa shape index (κ3) is 2.04. The van der Waals surface area contributed by atoms with Gasteiger partial charge in [0.1, 0.15) is 11.9 Å². The largest absolute Gasteiger partial charge is 0.497 e. The van der Waals surface area contributed by atoms with E-state index in [1.807, 2.05) is 42.5 Å². The van der Waals surface area contributed by atoms with Gasteiger partial charge in [-0.25, -0.2) is 4.52 Å². The van der Waals surface area contributed by atoms with Gasteiger partial charge < -0.3 is 9.84 Å². The first-order valence-corrected chi connectivity index (χ1v) is 5.91. The van der Waals surface area contributed by atoms with Crippen molar-refractivity contribution in [1.82, 2.24) is 14.8 Å². The Balaban J connectivity index is 2.02. The summed E-state index contributed by atoms with van der Waals surface area (Å²) in [4.78, 5) is 0. The molecule has 0 aliphatic carbocycles. The molecule has 0 aliphatic rings. The van der Waals surface area contributed by atoms with Gasteiger partial charge in [0.05, 0.1) is 24.5 Å². The molecule has 0 saturated carbocycles. The second kappa shape index (κ2) is 4.70. The highest BCUT2D eigenvalue weighted by Crippen LogP contribution is 2.24. The van der Waals surface area contributed by atoms with Crippen molar-refractivity contribution in [3.8, 4) is 5.75 Å². The molecule has 3 rings (SSSR count). The second-order valence-electron chi connectivity index (χ2n) is 4.20. The van der Waals surface area contributed by atoms with Gasteiger partial charge in [-0.05, 0) is 29.8 Å². The molecule has 1 N–H and O–H groups in total. The molecule has 1 unspecified atom stereocenters. The first-order valence-electron chi connectivity index (χ1n) is 5.91. The molecule has 5 nitrogen and oxygen atoms in total. The van der Waals surface area contributed by atoms with Crippen LogP contribution in [0.4, 0.5) is 0 Å². The predicted octanol–water partition coefficient (Wildman–Crippen LogP) is 1.82. The van der Waals surface area contributed by atoms with E-state index in [0.717, 1.165) is 16.8 Å². The summed E-state index contributed by atoms with van der Waals surface area (Å²) in [6.45, 7) is 0. The lowest BCUT2D eigenvalue weighted by Crippen LogP contribution is -2.07. The van der Waals surface area contributed by atoms with E-state index in [4.69, 9.17) is 4.74 Å². The number of aliphatic hydroxyl groups excluding tert-OH is 1. The molecule has 0 amide bonds. The summed E-state index contributed by atoms with van der Waals surface area (Å²) in [6.07, 6.45) is 0.904. The van der Waals surface area contributed by atoms with Crippen molar-refractivity contribution >= 4 is 5.52 Å². The summed E-state index contributed by atoms with van der Waals surface area (Å²) in [5.41, 5.74) is 2.31. The Morgan fingerprint density at radius 3 is 2.68 bits per heavy atom. The Labute approximate surface area is 110 Å². The number of aromatic nitrogens is 3. The Bertz CT molecular complexity index is 691. The van der Waals surface area contributed by atoms with E-state index >= 15 is 0 Å². The number of methoxy groups -OCH3 is 1. The molecular weight excluding hydrogens is 242 g/mol. The Morgan fingerprint density at radius 2 is 1.95 bits per heavy atom. The van der Waals surface area contributed by atoms with Crippen LogP contribution in [0.1, 0.15) is 17.4 Å². The number of hydrogen-bond donors (Lipinski definition) is 1. The van der Waals surface area contributed by atoms with Crippen LogP contribution in [0.15, 0.2) is 48.7 Å². The SMILES string of the molecule is COc1ccc(C(O)c2cccc3cnnn23)cc1. The lowest BCUT2D eigenvalue weighted by atomic mass is 10.1. The minimum atomic E-state index is -0.753. The summed E-state index contributed by atoms with van der Waals surface area (Å²) in [5.74, 6) is 0.759. The van der Waals surface area contributed by atoms with Crippen LogP contribution < -0.4 is 4.74 Å². The van der Waals surface area contributed by atoms with Crippen molar-refractivity contribution in [2.24, 2.45) is 0 Å². The molecule has 96 valence electrons. The third-order valence-corrected chi connectivity index (χ3v) is 3.07. The number of rotatable bonds is 3. The minimum absolute atomic E-state index is 0.681. The number of ether oxygens (including phenoxy) is 1. The molecule has 3 aromatic rings. The van der Waals surface area contributed by atoms with Gasteiger partial charge in [0.15, 0.2) is 0 Å². The molecule has 0 bridgehead atoms. The average molecular weight is 255 g/mol. The fourth-order valence-electron chi connectivity index (χ4n) is 2.04. The van der Waals surface area contributed by atoms with E-state index in [1.54, 1.807) is 17.8 Å². The quantitative estimate of drug-likeness (QED) is 0.775. The summed E-state index contributed by atoms with van der Waals surface area (Å²) in [6, 6.07) is 12.9. The van der Waals surface area contributed by atoms with Crippen LogP contribution >= 0.6 is 0 Å². The number of aliphatic hydroxyl groups is 1. The molecule has 0 fully saturated rings. The Hall–Kier alpha value is -2.40. The second-order valence-corrected chi connectivity index (χ2v) is 4.20. The van der Waals surface area contributed by atoms with E-state index in [2.05, 4.69) is 10.3 Å².